The molecule has 1 aromatic rings. The van der Waals surface area contributed by atoms with Gasteiger partial charge in [-0.05, 0) is 37.4 Å². The van der Waals surface area contributed by atoms with Gasteiger partial charge in [-0.15, -0.1) is 0 Å². The molecule has 0 bridgehead atoms. The number of piperidine rings is 1. The minimum Gasteiger partial charge on any atom is -0.489 e. The van der Waals surface area contributed by atoms with Crippen LogP contribution < -0.4 is 10.1 Å². The van der Waals surface area contributed by atoms with Crippen molar-refractivity contribution in [2.24, 2.45) is 0 Å². The van der Waals surface area contributed by atoms with E-state index in [1.165, 1.54) is 6.42 Å². The summed E-state index contributed by atoms with van der Waals surface area (Å²) in [6.45, 7) is 2.19. The Morgan fingerprint density at radius 3 is 3.00 bits per heavy atom. The predicted molar refractivity (Wildman–Crippen MR) is 63.8 cm³/mol. The summed E-state index contributed by atoms with van der Waals surface area (Å²) in [5.74, 6) is 0.922. The lowest BCUT2D eigenvalue weighted by Gasteiger charge is -2.25. The standard InChI is InChI=1S/C13H19NO2/c15-9-7-11-4-1-2-6-13(11)16-12-5-3-8-14-10-12/h1-2,4,6,12,14-15H,3,5,7-10H2. The summed E-state index contributed by atoms with van der Waals surface area (Å²) in [7, 11) is 0. The maximum absolute atomic E-state index is 8.98. The molecule has 2 rings (SSSR count). The second-order valence-electron chi connectivity index (χ2n) is 4.17. The van der Waals surface area contributed by atoms with Gasteiger partial charge < -0.3 is 15.2 Å². The zero-order chi connectivity index (χ0) is 11.2. The molecule has 1 aliphatic heterocycles. The molecule has 0 radical (unpaired) electrons. The number of para-hydroxylation sites is 1. The molecular formula is C13H19NO2. The van der Waals surface area contributed by atoms with Gasteiger partial charge >= 0.3 is 0 Å². The number of hydrogen-bond acceptors (Lipinski definition) is 3. The zero-order valence-corrected chi connectivity index (χ0v) is 9.48. The molecule has 1 atom stereocenters. The number of hydrogen-bond donors (Lipinski definition) is 2. The molecule has 0 amide bonds. The summed E-state index contributed by atoms with van der Waals surface area (Å²) in [4.78, 5) is 0. The van der Waals surface area contributed by atoms with Crippen LogP contribution in [0.1, 0.15) is 18.4 Å². The van der Waals surface area contributed by atoms with Crippen LogP contribution in [0.25, 0.3) is 0 Å². The number of nitrogens with one attached hydrogen (secondary N) is 1. The first-order valence-electron chi connectivity index (χ1n) is 5.96. The number of rotatable bonds is 4. The Morgan fingerprint density at radius 1 is 1.38 bits per heavy atom. The Balaban J connectivity index is 2.01. The molecule has 0 saturated carbocycles. The largest absolute Gasteiger partial charge is 0.489 e. The van der Waals surface area contributed by atoms with Gasteiger partial charge in [0.25, 0.3) is 0 Å². The first-order valence-corrected chi connectivity index (χ1v) is 5.96. The lowest BCUT2D eigenvalue weighted by molar-refractivity contribution is 0.164. The molecular weight excluding hydrogens is 202 g/mol. The summed E-state index contributed by atoms with van der Waals surface area (Å²) in [6.07, 6.45) is 3.22. The summed E-state index contributed by atoms with van der Waals surface area (Å²) >= 11 is 0. The third kappa shape index (κ3) is 2.97. The molecule has 0 aromatic heterocycles. The van der Waals surface area contributed by atoms with Crippen LogP contribution in [0.15, 0.2) is 24.3 Å². The summed E-state index contributed by atoms with van der Waals surface area (Å²) in [6, 6.07) is 7.96. The summed E-state index contributed by atoms with van der Waals surface area (Å²) in [5, 5.41) is 12.3. The monoisotopic (exact) mass is 221 g/mol. The van der Waals surface area contributed by atoms with E-state index in [0.717, 1.165) is 30.8 Å². The minimum atomic E-state index is 0.170. The first kappa shape index (κ1) is 11.4. The molecule has 0 spiro atoms. The van der Waals surface area contributed by atoms with Crippen molar-refractivity contribution in [3.63, 3.8) is 0 Å². The molecule has 1 fully saturated rings. The molecule has 1 aliphatic rings. The highest BCUT2D eigenvalue weighted by Gasteiger charge is 2.15. The van der Waals surface area contributed by atoms with E-state index in [4.69, 9.17) is 9.84 Å². The van der Waals surface area contributed by atoms with Gasteiger partial charge in [0.15, 0.2) is 0 Å². The van der Waals surface area contributed by atoms with Gasteiger partial charge in [-0.1, -0.05) is 18.2 Å². The van der Waals surface area contributed by atoms with Gasteiger partial charge in [-0.3, -0.25) is 0 Å². The number of aliphatic hydroxyl groups is 1. The highest BCUT2D eigenvalue weighted by Crippen LogP contribution is 2.21. The number of ether oxygens (including phenoxy) is 1. The van der Waals surface area contributed by atoms with E-state index >= 15 is 0 Å². The highest BCUT2D eigenvalue weighted by atomic mass is 16.5. The van der Waals surface area contributed by atoms with Crippen LogP contribution in [0, 0.1) is 0 Å². The van der Waals surface area contributed by atoms with Crippen molar-refractivity contribution in [3.05, 3.63) is 29.8 Å². The third-order valence-electron chi connectivity index (χ3n) is 2.90. The predicted octanol–water partition coefficient (Wildman–Crippen LogP) is 1.35. The molecule has 16 heavy (non-hydrogen) atoms. The molecule has 3 nitrogen and oxygen atoms in total. The lowest BCUT2D eigenvalue weighted by Crippen LogP contribution is -2.37. The molecule has 1 unspecified atom stereocenters. The molecule has 0 aliphatic carbocycles. The van der Waals surface area contributed by atoms with Crippen molar-refractivity contribution in [1.29, 1.82) is 0 Å². The summed E-state index contributed by atoms with van der Waals surface area (Å²) in [5.41, 5.74) is 1.09. The topological polar surface area (TPSA) is 41.5 Å². The van der Waals surface area contributed by atoms with Crippen molar-refractivity contribution in [2.75, 3.05) is 19.7 Å². The van der Waals surface area contributed by atoms with E-state index in [1.807, 2.05) is 24.3 Å². The van der Waals surface area contributed by atoms with E-state index in [9.17, 15) is 0 Å². The Labute approximate surface area is 96.4 Å². The van der Waals surface area contributed by atoms with Crippen LogP contribution in [0.5, 0.6) is 5.75 Å². The number of aliphatic hydroxyl groups excluding tert-OH is 1. The zero-order valence-electron chi connectivity index (χ0n) is 9.48. The normalized spacial score (nSPS) is 20.7. The van der Waals surface area contributed by atoms with Gasteiger partial charge in [-0.2, -0.15) is 0 Å². The van der Waals surface area contributed by atoms with Crippen LogP contribution in [0.3, 0.4) is 0 Å². The maximum Gasteiger partial charge on any atom is 0.123 e. The fraction of sp³-hybridized carbons (Fsp3) is 0.538. The van der Waals surface area contributed by atoms with Crippen LogP contribution >= 0.6 is 0 Å². The molecule has 1 heterocycles. The first-order chi connectivity index (χ1) is 7.90. The van der Waals surface area contributed by atoms with Crippen molar-refractivity contribution >= 4 is 0 Å². The fourth-order valence-corrected chi connectivity index (χ4v) is 2.05. The van der Waals surface area contributed by atoms with Crippen LogP contribution in [0.2, 0.25) is 0 Å². The van der Waals surface area contributed by atoms with E-state index in [1.54, 1.807) is 0 Å². The molecule has 3 heteroatoms. The number of benzene rings is 1. The average Bonchev–Trinajstić information content (AvgIpc) is 2.33. The van der Waals surface area contributed by atoms with Gasteiger partial charge in [-0.25, -0.2) is 0 Å². The van der Waals surface area contributed by atoms with Crippen molar-refractivity contribution in [2.45, 2.75) is 25.4 Å². The Hall–Kier alpha value is -1.06. The summed E-state index contributed by atoms with van der Waals surface area (Å²) < 4.78 is 5.97. The van der Waals surface area contributed by atoms with Crippen LogP contribution in [-0.4, -0.2) is 30.9 Å². The molecule has 1 aromatic carbocycles. The van der Waals surface area contributed by atoms with E-state index in [-0.39, 0.29) is 12.7 Å². The second kappa shape index (κ2) is 5.87. The third-order valence-corrected chi connectivity index (χ3v) is 2.90. The van der Waals surface area contributed by atoms with E-state index < -0.39 is 0 Å². The average molecular weight is 221 g/mol. The van der Waals surface area contributed by atoms with Gasteiger partial charge in [0.05, 0.1) is 0 Å². The van der Waals surface area contributed by atoms with Crippen LogP contribution in [0.4, 0.5) is 0 Å². The Bertz CT molecular complexity index is 321. The van der Waals surface area contributed by atoms with E-state index in [2.05, 4.69) is 5.32 Å². The fourth-order valence-electron chi connectivity index (χ4n) is 2.05. The lowest BCUT2D eigenvalue weighted by atomic mass is 10.1. The maximum atomic E-state index is 8.98. The van der Waals surface area contributed by atoms with Crippen molar-refractivity contribution in [3.8, 4) is 5.75 Å². The van der Waals surface area contributed by atoms with Gasteiger partial charge in [0, 0.05) is 13.2 Å². The van der Waals surface area contributed by atoms with Gasteiger partial charge in [0.1, 0.15) is 11.9 Å². The molecule has 2 N–H and O–H groups in total. The highest BCUT2D eigenvalue weighted by molar-refractivity contribution is 5.33. The van der Waals surface area contributed by atoms with Gasteiger partial charge in [0.2, 0.25) is 0 Å². The van der Waals surface area contributed by atoms with Crippen molar-refractivity contribution < 1.29 is 9.84 Å². The molecule has 1 saturated heterocycles. The van der Waals surface area contributed by atoms with E-state index in [0.29, 0.717) is 6.42 Å². The molecule has 88 valence electrons. The van der Waals surface area contributed by atoms with Crippen LogP contribution in [-0.2, 0) is 6.42 Å². The Morgan fingerprint density at radius 2 is 2.25 bits per heavy atom. The smallest absolute Gasteiger partial charge is 0.123 e. The minimum absolute atomic E-state index is 0.170. The SMILES string of the molecule is OCCc1ccccc1OC1CCCNC1. The second-order valence-corrected chi connectivity index (χ2v) is 4.17. The quantitative estimate of drug-likeness (QED) is 0.806. The Kier molecular flexibility index (Phi) is 4.19. The van der Waals surface area contributed by atoms with Crippen molar-refractivity contribution in [1.82, 2.24) is 5.32 Å².